The fraction of sp³-hybridized carbons (Fsp3) is 0.619. The Balaban J connectivity index is 2.94. The molecular formula is C21H34BrNO5S. The monoisotopic (exact) mass is 491 g/mol. The zero-order valence-electron chi connectivity index (χ0n) is 18.4. The minimum Gasteiger partial charge on any atom is -0.382 e. The molecular weight excluding hydrogens is 458 g/mol. The van der Waals surface area contributed by atoms with E-state index >= 15 is 0 Å². The summed E-state index contributed by atoms with van der Waals surface area (Å²) in [6.07, 6.45) is 1.60. The number of halogens is 1. The molecule has 0 unspecified atom stereocenters. The van der Waals surface area contributed by atoms with Crippen LogP contribution in [0, 0.1) is 26.7 Å². The normalized spacial score (nSPS) is 15.0. The number of sulfonamides is 1. The van der Waals surface area contributed by atoms with Gasteiger partial charge in [0.1, 0.15) is 6.79 Å². The number of nitrogens with one attached hydrogen (secondary N) is 1. The summed E-state index contributed by atoms with van der Waals surface area (Å²) in [6.45, 7) is 12.5. The molecule has 0 saturated heterocycles. The zero-order chi connectivity index (χ0) is 22.2. The quantitative estimate of drug-likeness (QED) is 0.350. The molecule has 1 aromatic carbocycles. The number of benzene rings is 1. The van der Waals surface area contributed by atoms with Gasteiger partial charge in [0.15, 0.2) is 0 Å². The van der Waals surface area contributed by atoms with Gasteiger partial charge in [0.2, 0.25) is 10.0 Å². The van der Waals surface area contributed by atoms with E-state index < -0.39 is 16.1 Å². The number of methoxy groups -OCH3 is 1. The van der Waals surface area contributed by atoms with Crippen LogP contribution in [0.5, 0.6) is 0 Å². The van der Waals surface area contributed by atoms with Gasteiger partial charge in [-0.25, -0.2) is 13.1 Å². The first-order valence-corrected chi connectivity index (χ1v) is 11.9. The lowest BCUT2D eigenvalue weighted by molar-refractivity contribution is -0.0804. The molecule has 0 aliphatic rings. The third-order valence-electron chi connectivity index (χ3n) is 4.36. The molecule has 0 aromatic heterocycles. The molecule has 0 aliphatic heterocycles. The van der Waals surface area contributed by atoms with Gasteiger partial charge in [-0.15, -0.1) is 0 Å². The molecule has 0 saturated carbocycles. The van der Waals surface area contributed by atoms with Crippen LogP contribution >= 0.6 is 15.9 Å². The van der Waals surface area contributed by atoms with Crippen molar-refractivity contribution < 1.29 is 22.6 Å². The van der Waals surface area contributed by atoms with Crippen molar-refractivity contribution in [2.45, 2.75) is 58.6 Å². The summed E-state index contributed by atoms with van der Waals surface area (Å²) in [5, 5.41) is 0. The lowest BCUT2D eigenvalue weighted by atomic mass is 10.0. The van der Waals surface area contributed by atoms with E-state index in [1.807, 2.05) is 59.8 Å². The minimum absolute atomic E-state index is 0.0339. The van der Waals surface area contributed by atoms with Crippen LogP contribution in [-0.4, -0.2) is 47.7 Å². The van der Waals surface area contributed by atoms with Crippen LogP contribution in [0.15, 0.2) is 27.6 Å². The van der Waals surface area contributed by atoms with Gasteiger partial charge in [-0.2, -0.15) is 0 Å². The van der Waals surface area contributed by atoms with Gasteiger partial charge < -0.3 is 14.2 Å². The number of hydrogen-bond donors (Lipinski definition) is 1. The molecule has 166 valence electrons. The molecule has 2 atom stereocenters. The van der Waals surface area contributed by atoms with Crippen LogP contribution < -0.4 is 4.72 Å². The van der Waals surface area contributed by atoms with Crippen molar-refractivity contribution in [3.63, 3.8) is 0 Å². The van der Waals surface area contributed by atoms with Crippen molar-refractivity contribution in [2.24, 2.45) is 5.92 Å². The van der Waals surface area contributed by atoms with Crippen LogP contribution in [0.25, 0.3) is 0 Å². The molecule has 1 N–H and O–H groups in total. The Bertz CT molecular complexity index is 769. The van der Waals surface area contributed by atoms with Crippen molar-refractivity contribution in [1.82, 2.24) is 4.72 Å². The van der Waals surface area contributed by atoms with E-state index in [1.54, 1.807) is 7.11 Å². The van der Waals surface area contributed by atoms with Gasteiger partial charge >= 0.3 is 0 Å². The highest BCUT2D eigenvalue weighted by Gasteiger charge is 2.27. The average molecular weight is 492 g/mol. The van der Waals surface area contributed by atoms with Gasteiger partial charge in [-0.1, -0.05) is 47.5 Å². The second-order valence-corrected chi connectivity index (χ2v) is 10.1. The van der Waals surface area contributed by atoms with Crippen molar-refractivity contribution >= 4 is 26.0 Å². The molecule has 6 nitrogen and oxygen atoms in total. The predicted octanol–water partition coefficient (Wildman–Crippen LogP) is 4.22. The van der Waals surface area contributed by atoms with Crippen LogP contribution in [0.1, 0.15) is 37.5 Å². The zero-order valence-corrected chi connectivity index (χ0v) is 20.8. The molecule has 0 radical (unpaired) electrons. The minimum atomic E-state index is -3.69. The summed E-state index contributed by atoms with van der Waals surface area (Å²) < 4.78 is 45.7. The van der Waals surface area contributed by atoms with Gasteiger partial charge in [-0.3, -0.25) is 0 Å². The van der Waals surface area contributed by atoms with E-state index in [0.717, 1.165) is 21.2 Å². The maximum Gasteiger partial charge on any atom is 0.241 e. The fourth-order valence-electron chi connectivity index (χ4n) is 3.06. The summed E-state index contributed by atoms with van der Waals surface area (Å²) in [5.74, 6) is 0.0339. The second kappa shape index (κ2) is 12.2. The second-order valence-electron chi connectivity index (χ2n) is 7.51. The highest BCUT2D eigenvalue weighted by Crippen LogP contribution is 2.26. The molecule has 1 aromatic rings. The van der Waals surface area contributed by atoms with Crippen LogP contribution in [0.3, 0.4) is 0 Å². The number of hydrogen-bond acceptors (Lipinski definition) is 5. The standard InChI is InChI=1S/C21H34BrNO5S/c1-14(2)20(19(22)12-18(6)28-13-27-9-8-26-7)23-29(24,25)21-16(4)10-15(3)11-17(21)5/h10-12,14,18,20,23H,8-9,13H2,1-7H3/b19-12+/t18-,20+/m0/s1. The lowest BCUT2D eigenvalue weighted by Crippen LogP contribution is -2.39. The molecule has 0 fully saturated rings. The van der Waals surface area contributed by atoms with Gasteiger partial charge in [0.25, 0.3) is 0 Å². The first-order chi connectivity index (χ1) is 13.5. The Morgan fingerprint density at radius 3 is 2.24 bits per heavy atom. The van der Waals surface area contributed by atoms with Crippen LogP contribution in [0.4, 0.5) is 0 Å². The molecule has 0 spiro atoms. The maximum atomic E-state index is 13.1. The molecule has 0 amide bonds. The third-order valence-corrected chi connectivity index (χ3v) is 6.86. The highest BCUT2D eigenvalue weighted by molar-refractivity contribution is 9.11. The Labute approximate surface area is 184 Å². The van der Waals surface area contributed by atoms with E-state index in [1.165, 1.54) is 0 Å². The molecule has 0 bridgehead atoms. The van der Waals surface area contributed by atoms with Gasteiger partial charge in [0.05, 0.1) is 30.3 Å². The van der Waals surface area contributed by atoms with Crippen molar-refractivity contribution in [3.05, 3.63) is 39.4 Å². The Morgan fingerprint density at radius 2 is 1.72 bits per heavy atom. The molecule has 0 heterocycles. The van der Waals surface area contributed by atoms with E-state index in [0.29, 0.717) is 18.1 Å². The lowest BCUT2D eigenvalue weighted by Gasteiger charge is -2.24. The molecule has 29 heavy (non-hydrogen) atoms. The Kier molecular flexibility index (Phi) is 11.0. The summed E-state index contributed by atoms with van der Waals surface area (Å²) in [4.78, 5) is 0.338. The largest absolute Gasteiger partial charge is 0.382 e. The topological polar surface area (TPSA) is 73.9 Å². The van der Waals surface area contributed by atoms with E-state index in [4.69, 9.17) is 14.2 Å². The first-order valence-electron chi connectivity index (χ1n) is 9.65. The maximum absolute atomic E-state index is 13.1. The van der Waals surface area contributed by atoms with Gasteiger partial charge in [0, 0.05) is 11.6 Å². The smallest absolute Gasteiger partial charge is 0.241 e. The van der Waals surface area contributed by atoms with Gasteiger partial charge in [-0.05, 0) is 50.8 Å². The van der Waals surface area contributed by atoms with E-state index in [2.05, 4.69) is 20.7 Å². The van der Waals surface area contributed by atoms with Crippen molar-refractivity contribution in [2.75, 3.05) is 27.1 Å². The van der Waals surface area contributed by atoms with Crippen molar-refractivity contribution in [3.8, 4) is 0 Å². The van der Waals surface area contributed by atoms with Crippen molar-refractivity contribution in [1.29, 1.82) is 0 Å². The molecule has 1 rings (SSSR count). The van der Waals surface area contributed by atoms with Crippen LogP contribution in [0.2, 0.25) is 0 Å². The predicted molar refractivity (Wildman–Crippen MR) is 120 cm³/mol. The van der Waals surface area contributed by atoms with Crippen LogP contribution in [-0.2, 0) is 24.2 Å². The SMILES string of the molecule is COCCOCO[C@@H](C)/C=C(/Br)[C@H](NS(=O)(=O)c1c(C)cc(C)cc1C)C(C)C. The average Bonchev–Trinajstić information content (AvgIpc) is 2.58. The Morgan fingerprint density at radius 1 is 1.14 bits per heavy atom. The number of rotatable bonds is 12. The summed E-state index contributed by atoms with van der Waals surface area (Å²) in [5.41, 5.74) is 2.52. The summed E-state index contributed by atoms with van der Waals surface area (Å²) >= 11 is 3.55. The highest BCUT2D eigenvalue weighted by atomic mass is 79.9. The number of aryl methyl sites for hydroxylation is 3. The van der Waals surface area contributed by atoms with E-state index in [-0.39, 0.29) is 18.8 Å². The third kappa shape index (κ3) is 8.47. The fourth-order valence-corrected chi connectivity index (χ4v) is 6.04. The summed E-state index contributed by atoms with van der Waals surface area (Å²) in [6, 6.07) is 3.35. The molecule has 8 heteroatoms. The summed E-state index contributed by atoms with van der Waals surface area (Å²) in [7, 11) is -2.08. The Hall–Kier alpha value is -0.770. The number of ether oxygens (including phenoxy) is 3. The molecule has 0 aliphatic carbocycles. The first kappa shape index (κ1) is 26.3. The van der Waals surface area contributed by atoms with E-state index in [9.17, 15) is 8.42 Å².